The average molecular weight is 883 g/mol. The van der Waals surface area contributed by atoms with Gasteiger partial charge in [-0.25, -0.2) is 4.57 Å². The van der Waals surface area contributed by atoms with E-state index in [1.165, 1.54) is 57.8 Å². The minimum absolute atomic E-state index is 0.0303. The van der Waals surface area contributed by atoms with Crippen LogP contribution in [0.4, 0.5) is 0 Å². The van der Waals surface area contributed by atoms with Crippen molar-refractivity contribution in [2.24, 2.45) is 0 Å². The van der Waals surface area contributed by atoms with Gasteiger partial charge in [-0.05, 0) is 51.4 Å². The second-order valence-electron chi connectivity index (χ2n) is 15.5. The van der Waals surface area contributed by atoms with Crippen molar-refractivity contribution in [2.45, 2.75) is 198 Å². The van der Waals surface area contributed by atoms with Crippen molar-refractivity contribution >= 4 is 19.8 Å². The first-order chi connectivity index (χ1) is 29.4. The SMILES string of the molecule is CC/C=C\C/C=C\C/C=C\C/C=C\C/C=C\C/C=C\CCC(=O)O[C@H](COC(=O)CCCCCCCCCCCCCCC)COP(=O)(O)OC1C(O)C(O)C(O)[C@@H](O)C1O. The van der Waals surface area contributed by atoms with E-state index in [2.05, 4.69) is 68.5 Å². The van der Waals surface area contributed by atoms with E-state index in [0.29, 0.717) is 19.3 Å². The number of esters is 2. The molecule has 13 nitrogen and oxygen atoms in total. The summed E-state index contributed by atoms with van der Waals surface area (Å²) in [6.07, 6.45) is 32.6. The molecule has 0 aliphatic heterocycles. The predicted molar refractivity (Wildman–Crippen MR) is 239 cm³/mol. The van der Waals surface area contributed by atoms with E-state index in [9.17, 15) is 44.6 Å². The number of aliphatic hydroxyl groups is 5. The van der Waals surface area contributed by atoms with Gasteiger partial charge in [-0.1, -0.05) is 164 Å². The average Bonchev–Trinajstić information content (AvgIpc) is 3.24. The zero-order chi connectivity index (χ0) is 45.0. The van der Waals surface area contributed by atoms with Crippen molar-refractivity contribution in [3.05, 3.63) is 72.9 Å². The fourth-order valence-corrected chi connectivity index (χ4v) is 7.40. The molecule has 6 unspecified atom stereocenters. The molecule has 0 amide bonds. The van der Waals surface area contributed by atoms with Gasteiger partial charge >= 0.3 is 19.8 Å². The highest BCUT2D eigenvalue weighted by atomic mass is 31.2. The van der Waals surface area contributed by atoms with Crippen LogP contribution in [0.2, 0.25) is 0 Å². The van der Waals surface area contributed by atoms with Gasteiger partial charge in [-0.15, -0.1) is 0 Å². The van der Waals surface area contributed by atoms with Crippen molar-refractivity contribution in [3.63, 3.8) is 0 Å². The molecular formula is C47H79O13P. The first-order valence-electron chi connectivity index (χ1n) is 22.7. The Morgan fingerprint density at radius 3 is 1.39 bits per heavy atom. The first kappa shape index (κ1) is 56.3. The van der Waals surface area contributed by atoms with Gasteiger partial charge in [0.05, 0.1) is 6.61 Å². The van der Waals surface area contributed by atoms with Gasteiger partial charge in [0.15, 0.2) is 6.10 Å². The smallest absolute Gasteiger partial charge is 0.462 e. The number of phosphoric ester groups is 1. The maximum Gasteiger partial charge on any atom is 0.472 e. The Morgan fingerprint density at radius 2 is 0.934 bits per heavy atom. The molecule has 1 aliphatic carbocycles. The fraction of sp³-hybridized carbons (Fsp3) is 0.702. The third-order valence-electron chi connectivity index (χ3n) is 10.1. The Kier molecular flexibility index (Phi) is 33.9. The van der Waals surface area contributed by atoms with E-state index in [4.69, 9.17) is 18.5 Å². The third-order valence-corrected chi connectivity index (χ3v) is 11.1. The van der Waals surface area contributed by atoms with E-state index < -0.39 is 75.7 Å². The molecule has 0 aromatic heterocycles. The fourth-order valence-electron chi connectivity index (χ4n) is 6.43. The van der Waals surface area contributed by atoms with Gasteiger partial charge in [0.25, 0.3) is 0 Å². The monoisotopic (exact) mass is 883 g/mol. The zero-order valence-electron chi connectivity index (χ0n) is 36.9. The number of hydrogen-bond donors (Lipinski definition) is 6. The Morgan fingerprint density at radius 1 is 0.525 bits per heavy atom. The van der Waals surface area contributed by atoms with E-state index in [1.807, 2.05) is 18.2 Å². The Balaban J connectivity index is 2.53. The highest BCUT2D eigenvalue weighted by molar-refractivity contribution is 7.47. The van der Waals surface area contributed by atoms with E-state index in [-0.39, 0.29) is 12.8 Å². The lowest BCUT2D eigenvalue weighted by atomic mass is 9.85. The van der Waals surface area contributed by atoms with Crippen LogP contribution in [0.3, 0.4) is 0 Å². The number of ether oxygens (including phenoxy) is 2. The molecule has 1 rings (SSSR count). The largest absolute Gasteiger partial charge is 0.472 e. The maximum atomic E-state index is 12.8. The van der Waals surface area contributed by atoms with E-state index >= 15 is 0 Å². The van der Waals surface area contributed by atoms with Crippen LogP contribution in [-0.4, -0.2) is 98.3 Å². The predicted octanol–water partition coefficient (Wildman–Crippen LogP) is 8.72. The van der Waals surface area contributed by atoms with Crippen LogP contribution in [0, 0.1) is 0 Å². The summed E-state index contributed by atoms with van der Waals surface area (Å²) in [5.74, 6) is -1.20. The van der Waals surface area contributed by atoms with Crippen molar-refractivity contribution in [1.82, 2.24) is 0 Å². The minimum Gasteiger partial charge on any atom is -0.462 e. The molecule has 6 N–H and O–H groups in total. The van der Waals surface area contributed by atoms with Crippen LogP contribution in [0.15, 0.2) is 72.9 Å². The van der Waals surface area contributed by atoms with Gasteiger partial charge in [0.1, 0.15) is 43.2 Å². The summed E-state index contributed by atoms with van der Waals surface area (Å²) in [5.41, 5.74) is 0. The van der Waals surface area contributed by atoms with Gasteiger partial charge in [0, 0.05) is 12.8 Å². The van der Waals surface area contributed by atoms with E-state index in [1.54, 1.807) is 0 Å². The second kappa shape index (κ2) is 36.7. The summed E-state index contributed by atoms with van der Waals surface area (Å²) in [6.45, 7) is 3.11. The molecule has 0 saturated heterocycles. The van der Waals surface area contributed by atoms with Crippen LogP contribution in [0.25, 0.3) is 0 Å². The maximum absolute atomic E-state index is 12.8. The molecule has 1 aliphatic rings. The number of carbonyl (C=O) groups is 2. The van der Waals surface area contributed by atoms with Crippen LogP contribution in [0.5, 0.6) is 0 Å². The second-order valence-corrected chi connectivity index (χ2v) is 16.9. The van der Waals surface area contributed by atoms with Gasteiger partial charge in [0.2, 0.25) is 0 Å². The van der Waals surface area contributed by atoms with Crippen LogP contribution in [-0.2, 0) is 32.7 Å². The minimum atomic E-state index is -5.14. The summed E-state index contributed by atoms with van der Waals surface area (Å²) in [4.78, 5) is 35.6. The Hall–Kier alpha value is -2.71. The summed E-state index contributed by atoms with van der Waals surface area (Å²) < 4.78 is 33.4. The summed E-state index contributed by atoms with van der Waals surface area (Å²) in [7, 11) is -5.14. The lowest BCUT2D eigenvalue weighted by Crippen LogP contribution is -2.64. The van der Waals surface area contributed by atoms with Crippen molar-refractivity contribution in [2.75, 3.05) is 13.2 Å². The van der Waals surface area contributed by atoms with Crippen molar-refractivity contribution in [3.8, 4) is 0 Å². The molecule has 0 heterocycles. The Bertz CT molecular complexity index is 1340. The number of rotatable bonds is 36. The molecule has 0 spiro atoms. The quantitative estimate of drug-likeness (QED) is 0.0151. The molecule has 1 fully saturated rings. The zero-order valence-corrected chi connectivity index (χ0v) is 37.8. The summed E-state index contributed by atoms with van der Waals surface area (Å²) >= 11 is 0. The van der Waals surface area contributed by atoms with Crippen molar-refractivity contribution < 1.29 is 63.1 Å². The highest BCUT2D eigenvalue weighted by Gasteiger charge is 2.51. The van der Waals surface area contributed by atoms with Crippen LogP contribution < -0.4 is 0 Å². The Labute approximate surface area is 365 Å². The molecule has 14 heteroatoms. The summed E-state index contributed by atoms with van der Waals surface area (Å²) in [5, 5.41) is 50.1. The molecule has 8 atom stereocenters. The van der Waals surface area contributed by atoms with E-state index in [0.717, 1.165) is 51.4 Å². The highest BCUT2D eigenvalue weighted by Crippen LogP contribution is 2.47. The molecular weight excluding hydrogens is 803 g/mol. The number of allylic oxidation sites excluding steroid dienone is 12. The molecule has 0 aromatic rings. The lowest BCUT2D eigenvalue weighted by molar-refractivity contribution is -0.220. The molecule has 0 bridgehead atoms. The first-order valence-corrected chi connectivity index (χ1v) is 24.2. The van der Waals surface area contributed by atoms with Gasteiger partial charge in [-0.2, -0.15) is 0 Å². The molecule has 1 saturated carbocycles. The normalized spacial score (nSPS) is 22.7. The number of carbonyl (C=O) groups excluding carboxylic acids is 2. The molecule has 350 valence electrons. The molecule has 61 heavy (non-hydrogen) atoms. The number of aliphatic hydroxyl groups excluding tert-OH is 5. The number of hydrogen-bond acceptors (Lipinski definition) is 12. The van der Waals surface area contributed by atoms with Gasteiger partial charge < -0.3 is 39.9 Å². The topological polar surface area (TPSA) is 210 Å². The third kappa shape index (κ3) is 29.3. The molecule has 0 radical (unpaired) electrons. The van der Waals surface area contributed by atoms with Crippen LogP contribution >= 0.6 is 7.82 Å². The standard InChI is InChI=1S/C47H79O13P/c1-3-5-7-9-11-13-15-17-18-19-20-21-22-24-26-28-30-32-34-36-41(49)59-39(38-58-61(55,56)60-47-45(53)43(51)42(50)44(52)46(47)54)37-57-40(48)35-33-31-29-27-25-23-16-14-12-10-8-6-4-2/h5,7,11,13,17-18,20-21,24,26,30,32,39,42-47,50-54H,3-4,6,8-10,12,14-16,19,22-23,25,27-29,31,33-38H2,1-2H3,(H,55,56)/b7-5-,13-11-,18-17-,21-20-,26-24-,32-30-/t39-,42?,43-,44?,45?,46?,47?/m1/s1. The van der Waals surface area contributed by atoms with Gasteiger partial charge in [-0.3, -0.25) is 18.6 Å². The number of unbranched alkanes of at least 4 members (excludes halogenated alkanes) is 12. The van der Waals surface area contributed by atoms with Crippen LogP contribution in [0.1, 0.15) is 155 Å². The van der Waals surface area contributed by atoms with Crippen molar-refractivity contribution in [1.29, 1.82) is 0 Å². The number of phosphoric acid groups is 1. The molecule has 0 aromatic carbocycles. The lowest BCUT2D eigenvalue weighted by Gasteiger charge is -2.41. The summed E-state index contributed by atoms with van der Waals surface area (Å²) in [6, 6.07) is 0.